The van der Waals surface area contributed by atoms with Gasteiger partial charge in [0, 0.05) is 12.1 Å². The molecule has 2 atom stereocenters. The molecule has 1 nitrogen and oxygen atoms in total. The van der Waals surface area contributed by atoms with Gasteiger partial charge in [0.25, 0.3) is 0 Å². The van der Waals surface area contributed by atoms with Crippen molar-refractivity contribution in [2.75, 3.05) is 7.05 Å². The predicted octanol–water partition coefficient (Wildman–Crippen LogP) is 5.00. The second-order valence-electron chi connectivity index (χ2n) is 5.90. The van der Waals surface area contributed by atoms with Crippen molar-refractivity contribution in [2.24, 2.45) is 0 Å². The highest BCUT2D eigenvalue weighted by molar-refractivity contribution is 4.84. The maximum Gasteiger partial charge on any atom is 0.00957 e. The third-order valence-corrected chi connectivity index (χ3v) is 4.52. The topological polar surface area (TPSA) is 3.24 Å². The number of hydrogen-bond acceptors (Lipinski definition) is 1. The van der Waals surface area contributed by atoms with Gasteiger partial charge < -0.3 is 4.90 Å². The van der Waals surface area contributed by atoms with Crippen molar-refractivity contribution in [3.05, 3.63) is 0 Å². The van der Waals surface area contributed by atoms with Crippen LogP contribution >= 0.6 is 0 Å². The van der Waals surface area contributed by atoms with E-state index in [0.29, 0.717) is 0 Å². The molecule has 0 aromatic heterocycles. The first-order chi connectivity index (χ1) is 8.29. The predicted molar refractivity (Wildman–Crippen MR) is 77.5 cm³/mol. The van der Waals surface area contributed by atoms with Crippen molar-refractivity contribution < 1.29 is 0 Å². The normalized spacial score (nSPS) is 25.6. The molecule has 0 saturated carbocycles. The molecule has 1 aliphatic rings. The van der Waals surface area contributed by atoms with Gasteiger partial charge in [-0.25, -0.2) is 0 Å². The van der Waals surface area contributed by atoms with Gasteiger partial charge in [-0.3, -0.25) is 0 Å². The maximum atomic E-state index is 2.69. The van der Waals surface area contributed by atoms with Crippen LogP contribution in [-0.2, 0) is 0 Å². The van der Waals surface area contributed by atoms with Crippen LogP contribution in [0.15, 0.2) is 0 Å². The van der Waals surface area contributed by atoms with Crippen molar-refractivity contribution in [3.8, 4) is 0 Å². The molecule has 0 aromatic rings. The van der Waals surface area contributed by atoms with Crippen molar-refractivity contribution in [3.63, 3.8) is 0 Å². The van der Waals surface area contributed by atoms with Crippen LogP contribution in [0.25, 0.3) is 0 Å². The van der Waals surface area contributed by atoms with Gasteiger partial charge in [-0.2, -0.15) is 0 Å². The fourth-order valence-corrected chi connectivity index (χ4v) is 3.21. The quantitative estimate of drug-likeness (QED) is 0.512. The minimum Gasteiger partial charge on any atom is -0.300 e. The zero-order valence-corrected chi connectivity index (χ0v) is 12.4. The van der Waals surface area contributed by atoms with E-state index >= 15 is 0 Å². The molecule has 1 heterocycles. The summed E-state index contributed by atoms with van der Waals surface area (Å²) in [5.74, 6) is 0. The Kier molecular flexibility index (Phi) is 7.92. The second-order valence-corrected chi connectivity index (χ2v) is 5.90. The van der Waals surface area contributed by atoms with Gasteiger partial charge >= 0.3 is 0 Å². The molecule has 0 amide bonds. The lowest BCUT2D eigenvalue weighted by molar-refractivity contribution is 0.216. The fraction of sp³-hybridized carbons (Fsp3) is 1.00. The van der Waals surface area contributed by atoms with E-state index in [9.17, 15) is 0 Å². The molecule has 0 aliphatic carbocycles. The summed E-state index contributed by atoms with van der Waals surface area (Å²) in [5, 5.41) is 0. The Morgan fingerprint density at radius 3 is 1.88 bits per heavy atom. The molecule has 0 spiro atoms. The zero-order valence-electron chi connectivity index (χ0n) is 12.4. The highest BCUT2D eigenvalue weighted by Crippen LogP contribution is 2.28. The van der Waals surface area contributed by atoms with Crippen molar-refractivity contribution in [1.82, 2.24) is 4.90 Å². The van der Waals surface area contributed by atoms with E-state index in [-0.39, 0.29) is 0 Å². The molecule has 1 rings (SSSR count). The van der Waals surface area contributed by atoms with Crippen LogP contribution in [-0.4, -0.2) is 24.0 Å². The third kappa shape index (κ3) is 5.42. The molecule has 0 N–H and O–H groups in total. The Balaban J connectivity index is 2.09. The lowest BCUT2D eigenvalue weighted by Crippen LogP contribution is -2.32. The first kappa shape index (κ1) is 15.0. The summed E-state index contributed by atoms with van der Waals surface area (Å²) in [5.41, 5.74) is 0. The Morgan fingerprint density at radius 1 is 0.765 bits per heavy atom. The monoisotopic (exact) mass is 239 g/mol. The summed E-state index contributed by atoms with van der Waals surface area (Å²) >= 11 is 0. The van der Waals surface area contributed by atoms with E-state index in [2.05, 4.69) is 25.8 Å². The molecule has 102 valence electrons. The summed E-state index contributed by atoms with van der Waals surface area (Å²) in [6.07, 6.45) is 15.7. The molecule has 0 unspecified atom stereocenters. The Labute approximate surface area is 109 Å². The van der Waals surface area contributed by atoms with Gasteiger partial charge in [0.1, 0.15) is 0 Å². The number of unbranched alkanes of at least 4 members (excludes halogenated alkanes) is 5. The van der Waals surface area contributed by atoms with Crippen LogP contribution in [0.1, 0.15) is 84.5 Å². The second kappa shape index (κ2) is 8.97. The number of rotatable bonds is 9. The molecule has 0 bridgehead atoms. The van der Waals surface area contributed by atoms with Crippen LogP contribution < -0.4 is 0 Å². The zero-order chi connectivity index (χ0) is 12.5. The van der Waals surface area contributed by atoms with Crippen LogP contribution in [0.2, 0.25) is 0 Å². The summed E-state index contributed by atoms with van der Waals surface area (Å²) in [6.45, 7) is 4.60. The number of hydrogen-bond donors (Lipinski definition) is 0. The van der Waals surface area contributed by atoms with Crippen LogP contribution in [0.5, 0.6) is 0 Å². The summed E-state index contributed by atoms with van der Waals surface area (Å²) in [6, 6.07) is 1.80. The van der Waals surface area contributed by atoms with Crippen molar-refractivity contribution >= 4 is 0 Å². The Hall–Kier alpha value is -0.0400. The fourth-order valence-electron chi connectivity index (χ4n) is 3.21. The molecule has 0 radical (unpaired) electrons. The lowest BCUT2D eigenvalue weighted by Gasteiger charge is -2.25. The third-order valence-electron chi connectivity index (χ3n) is 4.52. The molecule has 17 heavy (non-hydrogen) atoms. The summed E-state index contributed by atoms with van der Waals surface area (Å²) in [7, 11) is 2.37. The maximum absolute atomic E-state index is 2.69. The van der Waals surface area contributed by atoms with E-state index in [4.69, 9.17) is 0 Å². The van der Waals surface area contributed by atoms with Gasteiger partial charge in [-0.15, -0.1) is 0 Å². The average Bonchev–Trinajstić information content (AvgIpc) is 2.68. The van der Waals surface area contributed by atoms with E-state index in [1.807, 2.05) is 0 Å². The highest BCUT2D eigenvalue weighted by atomic mass is 15.2. The molecule has 0 aromatic carbocycles. The van der Waals surface area contributed by atoms with Crippen LogP contribution in [0, 0.1) is 0 Å². The largest absolute Gasteiger partial charge is 0.300 e. The van der Waals surface area contributed by atoms with Crippen molar-refractivity contribution in [1.29, 1.82) is 0 Å². The molecular weight excluding hydrogens is 206 g/mol. The first-order valence-corrected chi connectivity index (χ1v) is 8.01. The van der Waals surface area contributed by atoms with Gasteiger partial charge in [0.15, 0.2) is 0 Å². The van der Waals surface area contributed by atoms with Crippen molar-refractivity contribution in [2.45, 2.75) is 96.6 Å². The SMILES string of the molecule is CCCCCCC[C@H]1CC[C@H](CCCC)N1C. The standard InChI is InChI=1S/C16H33N/c1-4-6-8-9-10-12-16-14-13-15(17(16)3)11-7-5-2/h15-16H,4-14H2,1-3H3/t15-,16-/m0/s1. The molecular formula is C16H33N. The van der Waals surface area contributed by atoms with Crippen LogP contribution in [0.4, 0.5) is 0 Å². The molecule has 1 fully saturated rings. The lowest BCUT2D eigenvalue weighted by atomic mass is 10.0. The minimum atomic E-state index is 0.899. The summed E-state index contributed by atoms with van der Waals surface area (Å²) < 4.78 is 0. The Morgan fingerprint density at radius 2 is 1.29 bits per heavy atom. The van der Waals surface area contributed by atoms with E-state index in [0.717, 1.165) is 12.1 Å². The smallest absolute Gasteiger partial charge is 0.00957 e. The first-order valence-electron chi connectivity index (χ1n) is 8.01. The van der Waals surface area contributed by atoms with Gasteiger partial charge in [0.05, 0.1) is 0 Å². The van der Waals surface area contributed by atoms with Crippen LogP contribution in [0.3, 0.4) is 0 Å². The number of likely N-dealkylation sites (tertiary alicyclic amines) is 1. The highest BCUT2D eigenvalue weighted by Gasteiger charge is 2.28. The number of nitrogens with zero attached hydrogens (tertiary/aromatic N) is 1. The van der Waals surface area contributed by atoms with E-state index in [1.165, 1.54) is 70.6 Å². The van der Waals surface area contributed by atoms with Gasteiger partial charge in [-0.05, 0) is 32.7 Å². The van der Waals surface area contributed by atoms with E-state index < -0.39 is 0 Å². The Bertz CT molecular complexity index is 178. The van der Waals surface area contributed by atoms with Gasteiger partial charge in [0.2, 0.25) is 0 Å². The summed E-state index contributed by atoms with van der Waals surface area (Å²) in [4.78, 5) is 2.69. The minimum absolute atomic E-state index is 0.899. The molecule has 1 heteroatoms. The molecule has 1 aliphatic heterocycles. The van der Waals surface area contributed by atoms with Gasteiger partial charge in [-0.1, -0.05) is 58.8 Å². The molecule has 1 saturated heterocycles. The van der Waals surface area contributed by atoms with E-state index in [1.54, 1.807) is 0 Å². The average molecular weight is 239 g/mol.